The second-order valence-corrected chi connectivity index (χ2v) is 12.3. The molecule has 0 N–H and O–H groups in total. The summed E-state index contributed by atoms with van der Waals surface area (Å²) < 4.78 is 27.9. The Morgan fingerprint density at radius 2 is 1.31 bits per heavy atom. The first-order chi connectivity index (χ1) is 5.68. The lowest BCUT2D eigenvalue weighted by Gasteiger charge is -2.29. The molecule has 0 bridgehead atoms. The quantitative estimate of drug-likeness (QED) is 0.700. The molecule has 0 amide bonds. The molecule has 0 radical (unpaired) electrons. The molecule has 0 aliphatic rings. The van der Waals surface area contributed by atoms with Gasteiger partial charge >= 0.3 is 17.9 Å². The largest absolute Gasteiger partial charge is 0.549 e. The van der Waals surface area contributed by atoms with Gasteiger partial charge in [-0.25, -0.2) is 0 Å². The molecule has 0 unspecified atom stereocenters. The van der Waals surface area contributed by atoms with E-state index in [2.05, 4.69) is 32.7 Å². The van der Waals surface area contributed by atoms with Crippen LogP contribution in [0.25, 0.3) is 0 Å². The van der Waals surface area contributed by atoms with Crippen LogP contribution in [-0.4, -0.2) is 33.3 Å². The highest BCUT2D eigenvalue weighted by molar-refractivity contribution is 6.81. The molecular weight excluding hydrogens is 220 g/mol. The summed E-state index contributed by atoms with van der Waals surface area (Å²) in [5.74, 6) is 0. The van der Waals surface area contributed by atoms with Crippen LogP contribution in [0.15, 0.2) is 0 Å². The van der Waals surface area contributed by atoms with Crippen LogP contribution in [-0.2, 0) is 17.5 Å². The summed E-state index contributed by atoms with van der Waals surface area (Å²) in [5, 5.41) is 0. The average molecular weight is 238 g/mol. The van der Waals surface area contributed by atoms with Crippen LogP contribution in [0.5, 0.6) is 0 Å². The first-order valence-corrected chi connectivity index (χ1v) is 11.0. The highest BCUT2D eigenvalue weighted by atomic mass is 28.4. The SMILES string of the molecule is CO[Si](C)(C)O[Si](C)(C)C.O=[Si]=O. The Bertz CT molecular complexity index is 169. The van der Waals surface area contributed by atoms with Gasteiger partial charge < -0.3 is 8.54 Å². The smallest absolute Gasteiger partial charge is 0.436 e. The van der Waals surface area contributed by atoms with Gasteiger partial charge in [0.15, 0.2) is 8.32 Å². The van der Waals surface area contributed by atoms with Crippen LogP contribution in [0, 0.1) is 0 Å². The van der Waals surface area contributed by atoms with Gasteiger partial charge in [-0.05, 0) is 32.7 Å². The maximum absolute atomic E-state index is 8.40. The Balaban J connectivity index is 0. The van der Waals surface area contributed by atoms with E-state index in [-0.39, 0.29) is 0 Å². The first-order valence-electron chi connectivity index (χ1n) is 3.93. The van der Waals surface area contributed by atoms with Crippen LogP contribution in [0.4, 0.5) is 0 Å². The van der Waals surface area contributed by atoms with Gasteiger partial charge in [0.1, 0.15) is 0 Å². The zero-order valence-electron chi connectivity index (χ0n) is 9.13. The highest BCUT2D eigenvalue weighted by Gasteiger charge is 2.29. The van der Waals surface area contributed by atoms with Crippen LogP contribution in [0.1, 0.15) is 0 Å². The van der Waals surface area contributed by atoms with Gasteiger partial charge in [-0.15, -0.1) is 0 Å². The monoisotopic (exact) mass is 238 g/mol. The van der Waals surface area contributed by atoms with E-state index in [1.807, 2.05) is 0 Å². The third-order valence-electron chi connectivity index (χ3n) is 1.04. The predicted molar refractivity (Wildman–Crippen MR) is 56.0 cm³/mol. The molecule has 0 aliphatic carbocycles. The fraction of sp³-hybridized carbons (Fsp3) is 1.00. The second kappa shape index (κ2) is 6.60. The molecule has 0 atom stereocenters. The standard InChI is InChI=1S/C6H18O2Si2.O2Si/c1-7-10(5,6)8-9(2,3)4;1-3-2/h1-6H3;. The van der Waals surface area contributed by atoms with E-state index in [9.17, 15) is 0 Å². The molecule has 0 spiro atoms. The maximum Gasteiger partial charge on any atom is 0.549 e. The molecular formula is C6H18O4Si3. The Labute approximate surface area is 84.0 Å². The van der Waals surface area contributed by atoms with Crippen molar-refractivity contribution in [2.45, 2.75) is 32.7 Å². The summed E-state index contributed by atoms with van der Waals surface area (Å²) >= 11 is 0. The molecule has 0 aromatic rings. The second-order valence-electron chi connectivity index (χ2n) is 3.90. The van der Waals surface area contributed by atoms with E-state index in [0.717, 1.165) is 0 Å². The molecule has 0 saturated carbocycles. The van der Waals surface area contributed by atoms with Gasteiger partial charge in [-0.2, -0.15) is 0 Å². The van der Waals surface area contributed by atoms with Crippen LogP contribution < -0.4 is 0 Å². The van der Waals surface area contributed by atoms with Crippen molar-refractivity contribution >= 4 is 26.2 Å². The molecule has 0 saturated heterocycles. The van der Waals surface area contributed by atoms with Crippen molar-refractivity contribution in [1.82, 2.24) is 0 Å². The predicted octanol–water partition coefficient (Wildman–Crippen LogP) is 1.57. The Morgan fingerprint density at radius 1 is 1.00 bits per heavy atom. The average Bonchev–Trinajstić information content (AvgIpc) is 1.84. The van der Waals surface area contributed by atoms with Crippen LogP contribution in [0.2, 0.25) is 32.7 Å². The van der Waals surface area contributed by atoms with Crippen molar-refractivity contribution in [2.24, 2.45) is 0 Å². The molecule has 78 valence electrons. The molecule has 7 heteroatoms. The molecule has 0 heterocycles. The lowest BCUT2D eigenvalue weighted by Crippen LogP contribution is -2.43. The number of rotatable bonds is 3. The zero-order chi connectivity index (χ0) is 11.1. The Hall–Kier alpha value is 0.171. The molecule has 0 aliphatic heterocycles. The minimum atomic E-state index is -1.75. The van der Waals surface area contributed by atoms with Gasteiger partial charge in [-0.1, -0.05) is 0 Å². The summed E-state index contributed by atoms with van der Waals surface area (Å²) in [7, 11) is -2.82. The van der Waals surface area contributed by atoms with Gasteiger partial charge in [0.05, 0.1) is 0 Å². The van der Waals surface area contributed by atoms with E-state index >= 15 is 0 Å². The summed E-state index contributed by atoms with van der Waals surface area (Å²) in [6.07, 6.45) is 0. The molecule has 0 aromatic heterocycles. The summed E-state index contributed by atoms with van der Waals surface area (Å²) in [6.45, 7) is 10.7. The zero-order valence-corrected chi connectivity index (χ0v) is 12.1. The third-order valence-corrected chi connectivity index (χ3v) is 6.44. The lowest BCUT2D eigenvalue weighted by molar-refractivity contribution is 0.312. The third kappa shape index (κ3) is 15.0. The van der Waals surface area contributed by atoms with Crippen molar-refractivity contribution in [3.63, 3.8) is 0 Å². The molecule has 0 aromatic carbocycles. The van der Waals surface area contributed by atoms with E-state index in [1.165, 1.54) is 0 Å². The fourth-order valence-electron chi connectivity index (χ4n) is 0.779. The maximum atomic E-state index is 8.40. The number of hydrogen-bond acceptors (Lipinski definition) is 4. The van der Waals surface area contributed by atoms with Gasteiger partial charge in [0.25, 0.3) is 0 Å². The minimum Gasteiger partial charge on any atom is -0.436 e. The number of hydrogen-bond donors (Lipinski definition) is 0. The topological polar surface area (TPSA) is 52.6 Å². The van der Waals surface area contributed by atoms with Gasteiger partial charge in [0.2, 0.25) is 0 Å². The summed E-state index contributed by atoms with van der Waals surface area (Å²) in [4.78, 5) is 0. The van der Waals surface area contributed by atoms with Crippen molar-refractivity contribution in [3.8, 4) is 0 Å². The van der Waals surface area contributed by atoms with Crippen LogP contribution in [0.3, 0.4) is 0 Å². The lowest BCUT2D eigenvalue weighted by atomic mass is 11.8. The normalized spacial score (nSPS) is 11.2. The first kappa shape index (κ1) is 15.6. The summed E-state index contributed by atoms with van der Waals surface area (Å²) in [6, 6.07) is 0. The van der Waals surface area contributed by atoms with E-state index < -0.39 is 26.2 Å². The highest BCUT2D eigenvalue weighted by Crippen LogP contribution is 2.13. The Kier molecular flexibility index (Phi) is 7.94. The summed E-state index contributed by atoms with van der Waals surface area (Å²) in [5.41, 5.74) is 0. The van der Waals surface area contributed by atoms with Gasteiger partial charge in [-0.3, -0.25) is 8.92 Å². The van der Waals surface area contributed by atoms with Gasteiger partial charge in [0, 0.05) is 7.11 Å². The molecule has 13 heavy (non-hydrogen) atoms. The molecule has 0 rings (SSSR count). The molecule has 4 nitrogen and oxygen atoms in total. The van der Waals surface area contributed by atoms with Crippen molar-refractivity contribution in [1.29, 1.82) is 0 Å². The van der Waals surface area contributed by atoms with E-state index in [0.29, 0.717) is 0 Å². The minimum absolute atomic E-state index is 1.38. The van der Waals surface area contributed by atoms with E-state index in [1.54, 1.807) is 7.11 Å². The van der Waals surface area contributed by atoms with Crippen molar-refractivity contribution in [3.05, 3.63) is 0 Å². The van der Waals surface area contributed by atoms with Crippen molar-refractivity contribution in [2.75, 3.05) is 7.11 Å². The molecule has 0 fully saturated rings. The van der Waals surface area contributed by atoms with E-state index in [4.69, 9.17) is 17.5 Å². The Morgan fingerprint density at radius 3 is 1.38 bits per heavy atom. The fourth-order valence-corrected chi connectivity index (χ4v) is 7.01. The van der Waals surface area contributed by atoms with Crippen LogP contribution >= 0.6 is 0 Å². The van der Waals surface area contributed by atoms with Crippen molar-refractivity contribution < 1.29 is 17.5 Å².